The summed E-state index contributed by atoms with van der Waals surface area (Å²) in [6.45, 7) is 7.66. The van der Waals surface area contributed by atoms with Crippen LogP contribution in [0.3, 0.4) is 0 Å². The zero-order chi connectivity index (χ0) is 10.4. The van der Waals surface area contributed by atoms with Crippen LogP contribution in [0.15, 0.2) is 6.20 Å². The lowest BCUT2D eigenvalue weighted by molar-refractivity contribution is 0.478. The van der Waals surface area contributed by atoms with Gasteiger partial charge in [0.1, 0.15) is 0 Å². The fourth-order valence-electron chi connectivity index (χ4n) is 1.31. The maximum absolute atomic E-state index is 4.14. The highest BCUT2D eigenvalue weighted by molar-refractivity contribution is 4.91. The van der Waals surface area contributed by atoms with Gasteiger partial charge in [0, 0.05) is 12.7 Å². The Labute approximate surface area is 86.5 Å². The van der Waals surface area contributed by atoms with Crippen molar-refractivity contribution in [2.45, 2.75) is 53.0 Å². The molecule has 3 nitrogen and oxygen atoms in total. The molecule has 0 saturated carbocycles. The topological polar surface area (TPSA) is 30.7 Å². The molecule has 1 aromatic heterocycles. The standard InChI is InChI=1S/C11H21N3/c1-4-5-6-11-9-14(13-12-11)8-7-10(2)3/h9-10H,4-8H2,1-3H3. The van der Waals surface area contributed by atoms with E-state index in [2.05, 4.69) is 37.3 Å². The molecule has 0 fully saturated rings. The minimum atomic E-state index is 0.735. The predicted molar refractivity (Wildman–Crippen MR) is 58.1 cm³/mol. The maximum Gasteiger partial charge on any atom is 0.0827 e. The van der Waals surface area contributed by atoms with Gasteiger partial charge < -0.3 is 0 Å². The Kier molecular flexibility index (Phi) is 4.63. The molecule has 0 bridgehead atoms. The van der Waals surface area contributed by atoms with Crippen LogP contribution < -0.4 is 0 Å². The second kappa shape index (κ2) is 5.78. The molecule has 0 unspecified atom stereocenters. The third-order valence-corrected chi connectivity index (χ3v) is 2.31. The summed E-state index contributed by atoms with van der Waals surface area (Å²) in [5.74, 6) is 0.735. The lowest BCUT2D eigenvalue weighted by Gasteiger charge is -2.02. The van der Waals surface area contributed by atoms with Crippen LogP contribution in [0.1, 0.15) is 45.7 Å². The number of rotatable bonds is 6. The summed E-state index contributed by atoms with van der Waals surface area (Å²) in [7, 11) is 0. The first kappa shape index (κ1) is 11.2. The Balaban J connectivity index is 2.35. The number of unbranched alkanes of at least 4 members (excludes halogenated alkanes) is 1. The Morgan fingerprint density at radius 3 is 2.86 bits per heavy atom. The molecule has 1 rings (SSSR count). The molecule has 0 amide bonds. The van der Waals surface area contributed by atoms with E-state index >= 15 is 0 Å². The van der Waals surface area contributed by atoms with E-state index in [1.165, 1.54) is 19.3 Å². The fourth-order valence-corrected chi connectivity index (χ4v) is 1.31. The van der Waals surface area contributed by atoms with Crippen molar-refractivity contribution in [2.24, 2.45) is 5.92 Å². The number of aromatic nitrogens is 3. The SMILES string of the molecule is CCCCc1cn(CCC(C)C)nn1. The van der Waals surface area contributed by atoms with Crippen LogP contribution in [0.5, 0.6) is 0 Å². The molecule has 0 spiro atoms. The number of hydrogen-bond acceptors (Lipinski definition) is 2. The van der Waals surface area contributed by atoms with Crippen molar-refractivity contribution in [1.29, 1.82) is 0 Å². The van der Waals surface area contributed by atoms with E-state index in [4.69, 9.17) is 0 Å². The molecule has 0 aliphatic heterocycles. The largest absolute Gasteiger partial charge is 0.252 e. The van der Waals surface area contributed by atoms with E-state index < -0.39 is 0 Å². The van der Waals surface area contributed by atoms with Crippen molar-refractivity contribution >= 4 is 0 Å². The van der Waals surface area contributed by atoms with Gasteiger partial charge in [0.25, 0.3) is 0 Å². The molecule has 3 heteroatoms. The van der Waals surface area contributed by atoms with E-state index in [9.17, 15) is 0 Å². The van der Waals surface area contributed by atoms with Crippen molar-refractivity contribution in [3.05, 3.63) is 11.9 Å². The Morgan fingerprint density at radius 1 is 1.43 bits per heavy atom. The molecule has 80 valence electrons. The summed E-state index contributed by atoms with van der Waals surface area (Å²) in [4.78, 5) is 0. The van der Waals surface area contributed by atoms with Crippen LogP contribution in [0.4, 0.5) is 0 Å². The zero-order valence-electron chi connectivity index (χ0n) is 9.53. The van der Waals surface area contributed by atoms with Gasteiger partial charge in [-0.2, -0.15) is 0 Å². The van der Waals surface area contributed by atoms with Crippen LogP contribution in [-0.4, -0.2) is 15.0 Å². The van der Waals surface area contributed by atoms with Crippen LogP contribution in [-0.2, 0) is 13.0 Å². The average Bonchev–Trinajstić information content (AvgIpc) is 2.59. The molecule has 14 heavy (non-hydrogen) atoms. The third kappa shape index (κ3) is 3.90. The van der Waals surface area contributed by atoms with Crippen molar-refractivity contribution < 1.29 is 0 Å². The zero-order valence-corrected chi connectivity index (χ0v) is 9.53. The smallest absolute Gasteiger partial charge is 0.0827 e. The summed E-state index contributed by atoms with van der Waals surface area (Å²) < 4.78 is 1.96. The van der Waals surface area contributed by atoms with E-state index in [0.717, 1.165) is 24.6 Å². The van der Waals surface area contributed by atoms with Gasteiger partial charge in [-0.05, 0) is 25.2 Å². The maximum atomic E-state index is 4.14. The van der Waals surface area contributed by atoms with Gasteiger partial charge in [-0.1, -0.05) is 32.4 Å². The molecular formula is C11H21N3. The summed E-state index contributed by atoms with van der Waals surface area (Å²) >= 11 is 0. The molecule has 0 aromatic carbocycles. The van der Waals surface area contributed by atoms with E-state index in [0.29, 0.717) is 0 Å². The van der Waals surface area contributed by atoms with Crippen LogP contribution in [0, 0.1) is 5.92 Å². The minimum Gasteiger partial charge on any atom is -0.252 e. The van der Waals surface area contributed by atoms with Crippen molar-refractivity contribution in [3.63, 3.8) is 0 Å². The first-order valence-electron chi connectivity index (χ1n) is 5.61. The number of hydrogen-bond donors (Lipinski definition) is 0. The predicted octanol–water partition coefficient (Wildman–Crippen LogP) is 2.67. The highest BCUT2D eigenvalue weighted by Gasteiger charge is 2.00. The number of nitrogens with zero attached hydrogens (tertiary/aromatic N) is 3. The van der Waals surface area contributed by atoms with Crippen molar-refractivity contribution in [1.82, 2.24) is 15.0 Å². The molecule has 0 aliphatic rings. The monoisotopic (exact) mass is 195 g/mol. The van der Waals surface area contributed by atoms with Gasteiger partial charge in [-0.25, -0.2) is 0 Å². The van der Waals surface area contributed by atoms with Crippen molar-refractivity contribution in [3.8, 4) is 0 Å². The molecule has 1 heterocycles. The normalized spacial score (nSPS) is 11.1. The van der Waals surface area contributed by atoms with Crippen LogP contribution in [0.25, 0.3) is 0 Å². The molecule has 1 aromatic rings. The first-order valence-corrected chi connectivity index (χ1v) is 5.61. The highest BCUT2D eigenvalue weighted by Crippen LogP contribution is 2.04. The Bertz CT molecular complexity index is 253. The molecule has 0 radical (unpaired) electrons. The molecule has 0 atom stereocenters. The average molecular weight is 195 g/mol. The van der Waals surface area contributed by atoms with E-state index in [1.54, 1.807) is 0 Å². The quantitative estimate of drug-likeness (QED) is 0.698. The van der Waals surface area contributed by atoms with Gasteiger partial charge in [0.05, 0.1) is 5.69 Å². The van der Waals surface area contributed by atoms with Crippen molar-refractivity contribution in [2.75, 3.05) is 0 Å². The summed E-state index contributed by atoms with van der Waals surface area (Å²) in [5, 5.41) is 8.25. The Morgan fingerprint density at radius 2 is 2.21 bits per heavy atom. The minimum absolute atomic E-state index is 0.735. The Hall–Kier alpha value is -0.860. The van der Waals surface area contributed by atoms with Gasteiger partial charge >= 0.3 is 0 Å². The molecule has 0 aliphatic carbocycles. The second-order valence-corrected chi connectivity index (χ2v) is 4.26. The fraction of sp³-hybridized carbons (Fsp3) is 0.818. The van der Waals surface area contributed by atoms with Gasteiger partial charge in [0.2, 0.25) is 0 Å². The van der Waals surface area contributed by atoms with E-state index in [-0.39, 0.29) is 0 Å². The van der Waals surface area contributed by atoms with Gasteiger partial charge in [-0.15, -0.1) is 5.10 Å². The summed E-state index contributed by atoms with van der Waals surface area (Å²) in [5.41, 5.74) is 1.13. The van der Waals surface area contributed by atoms with E-state index in [1.807, 2.05) is 4.68 Å². The second-order valence-electron chi connectivity index (χ2n) is 4.26. The molecule has 0 N–H and O–H groups in total. The summed E-state index contributed by atoms with van der Waals surface area (Å²) in [6.07, 6.45) is 6.76. The van der Waals surface area contributed by atoms with Gasteiger partial charge in [-0.3, -0.25) is 4.68 Å². The van der Waals surface area contributed by atoms with Crippen LogP contribution >= 0.6 is 0 Å². The lowest BCUT2D eigenvalue weighted by Crippen LogP contribution is -2.01. The highest BCUT2D eigenvalue weighted by atomic mass is 15.4. The molecule has 0 saturated heterocycles. The van der Waals surface area contributed by atoms with Gasteiger partial charge in [0.15, 0.2) is 0 Å². The summed E-state index contributed by atoms with van der Waals surface area (Å²) in [6, 6.07) is 0. The lowest BCUT2D eigenvalue weighted by atomic mass is 10.1. The van der Waals surface area contributed by atoms with Crippen LogP contribution in [0.2, 0.25) is 0 Å². The molecular weight excluding hydrogens is 174 g/mol. The first-order chi connectivity index (χ1) is 6.72. The number of aryl methyl sites for hydroxylation is 2. The third-order valence-electron chi connectivity index (χ3n) is 2.31.